The zero-order chi connectivity index (χ0) is 15.3. The van der Waals surface area contributed by atoms with Crippen molar-refractivity contribution in [2.24, 2.45) is 5.73 Å². The van der Waals surface area contributed by atoms with Crippen LogP contribution in [0.5, 0.6) is 0 Å². The lowest BCUT2D eigenvalue weighted by atomic mass is 10.1. The molecule has 3 amide bonds. The highest BCUT2D eigenvalue weighted by molar-refractivity contribution is 5.96. The van der Waals surface area contributed by atoms with Gasteiger partial charge in [-0.15, -0.1) is 0 Å². The Labute approximate surface area is 114 Å². The number of aliphatic carboxylic acids is 1. The molecule has 8 heteroatoms. The van der Waals surface area contributed by atoms with E-state index in [1.54, 1.807) is 0 Å². The van der Waals surface area contributed by atoms with Gasteiger partial charge in [-0.1, -0.05) is 6.07 Å². The fourth-order valence-corrected chi connectivity index (χ4v) is 1.25. The highest BCUT2D eigenvalue weighted by Crippen LogP contribution is 2.10. The van der Waals surface area contributed by atoms with Gasteiger partial charge in [0.25, 0.3) is 0 Å². The Morgan fingerprint density at radius 2 is 2.00 bits per heavy atom. The molecule has 0 saturated carbocycles. The standard InChI is InChI=1S/C12H15N3O5/c1-12(20,10(17)18)6-14-11(19)15-8-4-2-3-7(5-8)9(13)16/h2-5,20H,6H2,1H3,(H2,13,16)(H,17,18)(H2,14,15,19). The molecule has 0 spiro atoms. The summed E-state index contributed by atoms with van der Waals surface area (Å²) in [5, 5.41) is 22.7. The van der Waals surface area contributed by atoms with Crippen molar-refractivity contribution in [3.8, 4) is 0 Å². The highest BCUT2D eigenvalue weighted by Gasteiger charge is 2.30. The highest BCUT2D eigenvalue weighted by atomic mass is 16.4. The number of nitrogens with two attached hydrogens (primary N) is 1. The number of aliphatic hydroxyl groups is 1. The number of amides is 3. The smallest absolute Gasteiger partial charge is 0.337 e. The van der Waals surface area contributed by atoms with E-state index < -0.39 is 30.1 Å². The summed E-state index contributed by atoms with van der Waals surface area (Å²) in [7, 11) is 0. The number of carbonyl (C=O) groups is 3. The minimum atomic E-state index is -2.06. The second-order valence-corrected chi connectivity index (χ2v) is 4.33. The van der Waals surface area contributed by atoms with Crippen molar-refractivity contribution in [2.75, 3.05) is 11.9 Å². The van der Waals surface area contributed by atoms with Crippen LogP contribution in [0.2, 0.25) is 0 Å². The summed E-state index contributed by atoms with van der Waals surface area (Å²) in [5.74, 6) is -2.09. The van der Waals surface area contributed by atoms with Crippen LogP contribution < -0.4 is 16.4 Å². The quantitative estimate of drug-likeness (QED) is 0.505. The molecule has 0 aliphatic rings. The predicted molar refractivity (Wildman–Crippen MR) is 70.2 cm³/mol. The Morgan fingerprint density at radius 1 is 1.35 bits per heavy atom. The molecule has 0 fully saturated rings. The lowest BCUT2D eigenvalue weighted by Gasteiger charge is -2.18. The third-order valence-corrected chi connectivity index (χ3v) is 2.46. The number of carboxylic acids is 1. The van der Waals surface area contributed by atoms with Crippen molar-refractivity contribution in [3.05, 3.63) is 29.8 Å². The van der Waals surface area contributed by atoms with E-state index >= 15 is 0 Å². The maximum Gasteiger partial charge on any atom is 0.337 e. The molecule has 0 bridgehead atoms. The molecule has 0 saturated heterocycles. The number of anilines is 1. The summed E-state index contributed by atoms with van der Waals surface area (Å²) in [4.78, 5) is 33.1. The van der Waals surface area contributed by atoms with Crippen LogP contribution in [0.1, 0.15) is 17.3 Å². The number of urea groups is 1. The van der Waals surface area contributed by atoms with E-state index in [9.17, 15) is 19.5 Å². The molecule has 108 valence electrons. The monoisotopic (exact) mass is 281 g/mol. The minimum absolute atomic E-state index is 0.223. The summed E-state index contributed by atoms with van der Waals surface area (Å²) in [6.45, 7) is 0.590. The Balaban J connectivity index is 2.61. The molecule has 8 nitrogen and oxygen atoms in total. The van der Waals surface area contributed by atoms with Gasteiger partial charge in [0.1, 0.15) is 0 Å². The Kier molecular flexibility index (Phi) is 4.65. The SMILES string of the molecule is CC(O)(CNC(=O)Nc1cccc(C(N)=O)c1)C(=O)O. The molecule has 0 aliphatic heterocycles. The molecule has 1 aromatic carbocycles. The summed E-state index contributed by atoms with van der Waals surface area (Å²) in [6.07, 6.45) is 0. The molecule has 0 radical (unpaired) electrons. The van der Waals surface area contributed by atoms with Crippen molar-refractivity contribution in [3.63, 3.8) is 0 Å². The molecule has 1 unspecified atom stereocenters. The summed E-state index contributed by atoms with van der Waals surface area (Å²) >= 11 is 0. The zero-order valence-corrected chi connectivity index (χ0v) is 10.7. The van der Waals surface area contributed by atoms with Gasteiger partial charge in [0.05, 0.1) is 6.54 Å². The van der Waals surface area contributed by atoms with Crippen molar-refractivity contribution in [1.82, 2.24) is 5.32 Å². The number of carbonyl (C=O) groups excluding carboxylic acids is 2. The maximum absolute atomic E-state index is 11.5. The first-order valence-electron chi connectivity index (χ1n) is 5.63. The molecule has 20 heavy (non-hydrogen) atoms. The van der Waals surface area contributed by atoms with Gasteiger partial charge >= 0.3 is 12.0 Å². The molecule has 1 atom stereocenters. The first-order chi connectivity index (χ1) is 9.22. The molecule has 0 heterocycles. The van der Waals surface area contributed by atoms with Crippen LogP contribution in [-0.4, -0.2) is 40.3 Å². The lowest BCUT2D eigenvalue weighted by Crippen LogP contribution is -2.47. The van der Waals surface area contributed by atoms with Crippen LogP contribution in [0.15, 0.2) is 24.3 Å². The van der Waals surface area contributed by atoms with Gasteiger partial charge < -0.3 is 26.6 Å². The second kappa shape index (κ2) is 6.02. The minimum Gasteiger partial charge on any atom is -0.479 e. The average Bonchev–Trinajstić information content (AvgIpc) is 2.36. The first kappa shape index (κ1) is 15.4. The van der Waals surface area contributed by atoms with E-state index in [0.29, 0.717) is 5.69 Å². The number of primary amides is 1. The fourth-order valence-electron chi connectivity index (χ4n) is 1.25. The Bertz CT molecular complexity index is 542. The number of hydrogen-bond donors (Lipinski definition) is 5. The first-order valence-corrected chi connectivity index (χ1v) is 5.63. The molecule has 0 aromatic heterocycles. The topological polar surface area (TPSA) is 142 Å². The summed E-state index contributed by atoms with van der Waals surface area (Å²) in [6, 6.07) is 5.20. The number of benzene rings is 1. The number of rotatable bonds is 5. The third kappa shape index (κ3) is 4.25. The van der Waals surface area contributed by atoms with Crippen LogP contribution in [-0.2, 0) is 4.79 Å². The van der Waals surface area contributed by atoms with E-state index in [1.807, 2.05) is 0 Å². The molecule has 6 N–H and O–H groups in total. The van der Waals surface area contributed by atoms with Crippen LogP contribution >= 0.6 is 0 Å². The molecule has 0 aliphatic carbocycles. The van der Waals surface area contributed by atoms with Crippen LogP contribution in [0.3, 0.4) is 0 Å². The van der Waals surface area contributed by atoms with Gasteiger partial charge in [-0.25, -0.2) is 9.59 Å². The van der Waals surface area contributed by atoms with Crippen molar-refractivity contribution in [2.45, 2.75) is 12.5 Å². The van der Waals surface area contributed by atoms with E-state index in [0.717, 1.165) is 6.92 Å². The van der Waals surface area contributed by atoms with E-state index in [2.05, 4.69) is 10.6 Å². The lowest BCUT2D eigenvalue weighted by molar-refractivity contribution is -0.155. The molecule has 1 aromatic rings. The molecular weight excluding hydrogens is 266 g/mol. The molecule has 1 rings (SSSR count). The molecular formula is C12H15N3O5. The van der Waals surface area contributed by atoms with Gasteiger partial charge in [0.2, 0.25) is 5.91 Å². The number of hydrogen-bond acceptors (Lipinski definition) is 4. The van der Waals surface area contributed by atoms with Crippen molar-refractivity contribution in [1.29, 1.82) is 0 Å². The van der Waals surface area contributed by atoms with Gasteiger partial charge in [-0.05, 0) is 25.1 Å². The second-order valence-electron chi connectivity index (χ2n) is 4.33. The van der Waals surface area contributed by atoms with E-state index in [4.69, 9.17) is 10.8 Å². The number of nitrogens with one attached hydrogen (secondary N) is 2. The van der Waals surface area contributed by atoms with Gasteiger partial charge in [-0.3, -0.25) is 4.79 Å². The van der Waals surface area contributed by atoms with Crippen molar-refractivity contribution < 1.29 is 24.6 Å². The average molecular weight is 281 g/mol. The van der Waals surface area contributed by atoms with Crippen LogP contribution in [0.4, 0.5) is 10.5 Å². The normalized spacial score (nSPS) is 13.1. The maximum atomic E-state index is 11.5. The Morgan fingerprint density at radius 3 is 2.55 bits per heavy atom. The number of carboxylic acid groups (broad SMARTS) is 1. The Hall–Kier alpha value is -2.61. The fraction of sp³-hybridized carbons (Fsp3) is 0.250. The van der Waals surface area contributed by atoms with Crippen LogP contribution in [0, 0.1) is 0 Å². The summed E-state index contributed by atoms with van der Waals surface area (Å²) in [5.41, 5.74) is 3.57. The van der Waals surface area contributed by atoms with Crippen molar-refractivity contribution >= 4 is 23.6 Å². The van der Waals surface area contributed by atoms with Gasteiger partial charge in [0, 0.05) is 11.3 Å². The summed E-state index contributed by atoms with van der Waals surface area (Å²) < 4.78 is 0. The largest absolute Gasteiger partial charge is 0.479 e. The van der Waals surface area contributed by atoms with Crippen LogP contribution in [0.25, 0.3) is 0 Å². The van der Waals surface area contributed by atoms with Gasteiger partial charge in [-0.2, -0.15) is 0 Å². The van der Waals surface area contributed by atoms with E-state index in [1.165, 1.54) is 24.3 Å². The van der Waals surface area contributed by atoms with E-state index in [-0.39, 0.29) is 5.56 Å². The predicted octanol–water partition coefficient (Wildman–Crippen LogP) is -0.257. The third-order valence-electron chi connectivity index (χ3n) is 2.46. The van der Waals surface area contributed by atoms with Gasteiger partial charge in [0.15, 0.2) is 5.60 Å². The zero-order valence-electron chi connectivity index (χ0n) is 10.7.